The first-order valence-corrected chi connectivity index (χ1v) is 10.1. The average Bonchev–Trinajstić information content (AvgIpc) is 2.98. The van der Waals surface area contributed by atoms with Crippen LogP contribution in [-0.4, -0.2) is 39.7 Å². The molecular formula is C20H34N4O3. The average molecular weight is 379 g/mol. The Kier molecular flexibility index (Phi) is 8.10. The molecule has 152 valence electrons. The fourth-order valence-electron chi connectivity index (χ4n) is 3.60. The third-order valence-electron chi connectivity index (χ3n) is 5.13. The van der Waals surface area contributed by atoms with E-state index in [0.29, 0.717) is 6.42 Å². The molecule has 1 aromatic heterocycles. The number of unbranched alkanes of at least 4 members (excludes halogenated alkanes) is 1. The molecular weight excluding hydrogens is 344 g/mol. The quantitative estimate of drug-likeness (QED) is 0.524. The summed E-state index contributed by atoms with van der Waals surface area (Å²) in [6, 6.07) is -0.400. The van der Waals surface area contributed by atoms with E-state index in [0.717, 1.165) is 69.2 Å². The molecule has 1 aromatic rings. The van der Waals surface area contributed by atoms with Crippen LogP contribution in [0, 0.1) is 5.41 Å². The minimum Gasteiger partial charge on any atom is -0.364 e. The van der Waals surface area contributed by atoms with Gasteiger partial charge in [-0.3, -0.25) is 4.79 Å². The minimum absolute atomic E-state index is 0.0939. The summed E-state index contributed by atoms with van der Waals surface area (Å²) < 4.78 is 7.65. The van der Waals surface area contributed by atoms with Crippen LogP contribution in [0.5, 0.6) is 0 Å². The first-order valence-electron chi connectivity index (χ1n) is 10.1. The van der Waals surface area contributed by atoms with Crippen LogP contribution >= 0.6 is 0 Å². The number of hydrogen-bond donors (Lipinski definition) is 1. The molecule has 2 rings (SSSR count). The van der Waals surface area contributed by atoms with Crippen molar-refractivity contribution in [2.24, 2.45) is 11.1 Å². The van der Waals surface area contributed by atoms with Gasteiger partial charge in [0.05, 0.1) is 11.7 Å². The van der Waals surface area contributed by atoms with Crippen LogP contribution in [0.25, 0.3) is 0 Å². The molecule has 2 atom stereocenters. The Morgan fingerprint density at radius 2 is 2.11 bits per heavy atom. The predicted octanol–water partition coefficient (Wildman–Crippen LogP) is 2.76. The second kappa shape index (κ2) is 10.1. The molecule has 7 nitrogen and oxygen atoms in total. The van der Waals surface area contributed by atoms with Gasteiger partial charge in [-0.25, -0.2) is 4.68 Å². The second-order valence-corrected chi connectivity index (χ2v) is 8.45. The highest BCUT2D eigenvalue weighted by Gasteiger charge is 2.27. The first kappa shape index (κ1) is 21.7. The summed E-state index contributed by atoms with van der Waals surface area (Å²) in [5.74, 6) is 0.114. The third kappa shape index (κ3) is 6.21. The summed E-state index contributed by atoms with van der Waals surface area (Å²) in [6.07, 6.45) is 8.27. The third-order valence-corrected chi connectivity index (χ3v) is 5.13. The van der Waals surface area contributed by atoms with Crippen molar-refractivity contribution in [2.45, 2.75) is 90.8 Å². The largest absolute Gasteiger partial charge is 0.364 e. The number of aromatic nitrogens is 3. The van der Waals surface area contributed by atoms with Crippen LogP contribution in [-0.2, 0) is 27.3 Å². The zero-order valence-electron chi connectivity index (χ0n) is 16.9. The van der Waals surface area contributed by atoms with Crippen LogP contribution in [0.4, 0.5) is 0 Å². The first-order chi connectivity index (χ1) is 12.8. The number of hydrogen-bond acceptors (Lipinski definition) is 6. The van der Waals surface area contributed by atoms with E-state index < -0.39 is 11.5 Å². The Morgan fingerprint density at radius 1 is 1.33 bits per heavy atom. The number of carbonyl (C=O) groups is 2. The van der Waals surface area contributed by atoms with Gasteiger partial charge < -0.3 is 15.3 Å². The van der Waals surface area contributed by atoms with E-state index in [4.69, 9.17) is 10.5 Å². The zero-order valence-corrected chi connectivity index (χ0v) is 16.9. The van der Waals surface area contributed by atoms with Gasteiger partial charge in [0.2, 0.25) is 0 Å². The standard InChI is InChI=1S/C20H34N4O3/c1-20(2,3)19(26)15(21)9-7-8-12-24-16-10-5-4-6-11-17(27-14-13-25)18(16)22-23-24/h13,15,17H,4-12,14,21H2,1-3H3. The summed E-state index contributed by atoms with van der Waals surface area (Å²) >= 11 is 0. The smallest absolute Gasteiger partial charge is 0.154 e. The van der Waals surface area contributed by atoms with Crippen molar-refractivity contribution in [3.63, 3.8) is 0 Å². The van der Waals surface area contributed by atoms with Gasteiger partial charge >= 0.3 is 0 Å². The van der Waals surface area contributed by atoms with Crippen molar-refractivity contribution in [1.29, 1.82) is 0 Å². The van der Waals surface area contributed by atoms with E-state index in [1.807, 2.05) is 25.5 Å². The van der Waals surface area contributed by atoms with E-state index in [1.54, 1.807) is 0 Å². The predicted molar refractivity (Wildman–Crippen MR) is 103 cm³/mol. The normalized spacial score (nSPS) is 19.0. The number of ketones is 1. The number of nitrogens with two attached hydrogens (primary N) is 1. The van der Waals surface area contributed by atoms with Crippen LogP contribution < -0.4 is 5.73 Å². The summed E-state index contributed by atoms with van der Waals surface area (Å²) in [7, 11) is 0. The number of Topliss-reactive ketones (excluding diaryl/α,β-unsaturated/α-hetero) is 1. The fourth-order valence-corrected chi connectivity index (χ4v) is 3.60. The zero-order chi connectivity index (χ0) is 19.9. The van der Waals surface area contributed by atoms with Gasteiger partial charge in [0.15, 0.2) is 5.78 Å². The number of ether oxygens (including phenoxy) is 1. The van der Waals surface area contributed by atoms with Gasteiger partial charge in [-0.15, -0.1) is 5.10 Å². The molecule has 2 unspecified atom stereocenters. The van der Waals surface area contributed by atoms with Gasteiger partial charge in [0.1, 0.15) is 24.7 Å². The molecule has 0 aromatic carbocycles. The lowest BCUT2D eigenvalue weighted by molar-refractivity contribution is -0.127. The summed E-state index contributed by atoms with van der Waals surface area (Å²) in [5, 5.41) is 8.69. The molecule has 0 bridgehead atoms. The highest BCUT2D eigenvalue weighted by Crippen LogP contribution is 2.29. The lowest BCUT2D eigenvalue weighted by atomic mass is 9.85. The number of aldehydes is 1. The molecule has 27 heavy (non-hydrogen) atoms. The van der Waals surface area contributed by atoms with Gasteiger partial charge in [-0.1, -0.05) is 38.8 Å². The number of fused-ring (bicyclic) bond motifs is 1. The van der Waals surface area contributed by atoms with E-state index in [9.17, 15) is 9.59 Å². The maximum Gasteiger partial charge on any atom is 0.154 e. The van der Waals surface area contributed by atoms with E-state index in [-0.39, 0.29) is 18.5 Å². The van der Waals surface area contributed by atoms with Crippen molar-refractivity contribution in [1.82, 2.24) is 15.0 Å². The Bertz CT molecular complexity index is 621. The van der Waals surface area contributed by atoms with Crippen LogP contribution in [0.3, 0.4) is 0 Å². The van der Waals surface area contributed by atoms with Crippen LogP contribution in [0.2, 0.25) is 0 Å². The molecule has 7 heteroatoms. The molecule has 2 N–H and O–H groups in total. The van der Waals surface area contributed by atoms with Crippen LogP contribution in [0.15, 0.2) is 0 Å². The topological polar surface area (TPSA) is 100 Å². The summed E-state index contributed by atoms with van der Waals surface area (Å²) in [5.41, 5.74) is 7.67. The second-order valence-electron chi connectivity index (χ2n) is 8.45. The summed E-state index contributed by atoms with van der Waals surface area (Å²) in [6.45, 7) is 6.58. The molecule has 0 spiro atoms. The Labute approximate surface area is 162 Å². The molecule has 0 saturated carbocycles. The maximum absolute atomic E-state index is 12.2. The molecule has 1 aliphatic carbocycles. The van der Waals surface area contributed by atoms with Gasteiger partial charge in [-0.05, 0) is 38.5 Å². The number of nitrogens with zero attached hydrogens (tertiary/aromatic N) is 3. The van der Waals surface area contributed by atoms with Gasteiger partial charge in [0.25, 0.3) is 0 Å². The number of carbonyl (C=O) groups excluding carboxylic acids is 2. The lowest BCUT2D eigenvalue weighted by Gasteiger charge is -2.21. The molecule has 1 aliphatic rings. The van der Waals surface area contributed by atoms with Crippen molar-refractivity contribution in [3.8, 4) is 0 Å². The fraction of sp³-hybridized carbons (Fsp3) is 0.800. The van der Waals surface area contributed by atoms with Gasteiger partial charge in [-0.2, -0.15) is 0 Å². The summed E-state index contributed by atoms with van der Waals surface area (Å²) in [4.78, 5) is 22.8. The molecule has 0 amide bonds. The highest BCUT2D eigenvalue weighted by molar-refractivity contribution is 5.88. The molecule has 0 aliphatic heterocycles. The molecule has 0 fully saturated rings. The highest BCUT2D eigenvalue weighted by atomic mass is 16.5. The number of aryl methyl sites for hydroxylation is 1. The molecule has 0 saturated heterocycles. The Hall–Kier alpha value is -1.60. The van der Waals surface area contributed by atoms with Gasteiger partial charge in [0, 0.05) is 12.0 Å². The van der Waals surface area contributed by atoms with Crippen molar-refractivity contribution in [2.75, 3.05) is 6.61 Å². The van der Waals surface area contributed by atoms with Crippen molar-refractivity contribution < 1.29 is 14.3 Å². The Morgan fingerprint density at radius 3 is 2.81 bits per heavy atom. The maximum atomic E-state index is 12.2. The Balaban J connectivity index is 1.92. The van der Waals surface area contributed by atoms with E-state index >= 15 is 0 Å². The van der Waals surface area contributed by atoms with E-state index in [2.05, 4.69) is 10.3 Å². The monoisotopic (exact) mass is 378 g/mol. The number of rotatable bonds is 9. The minimum atomic E-state index is -0.400. The lowest BCUT2D eigenvalue weighted by Crippen LogP contribution is -2.38. The molecule has 1 heterocycles. The van der Waals surface area contributed by atoms with Crippen molar-refractivity contribution >= 4 is 12.1 Å². The van der Waals surface area contributed by atoms with Crippen molar-refractivity contribution in [3.05, 3.63) is 11.4 Å². The molecule has 0 radical (unpaired) electrons. The SMILES string of the molecule is CC(C)(C)C(=O)C(N)CCCCn1nnc2c1CCCCCC2OCC=O. The van der Waals surface area contributed by atoms with Crippen LogP contribution in [0.1, 0.15) is 83.2 Å². The van der Waals surface area contributed by atoms with E-state index in [1.165, 1.54) is 0 Å².